The first kappa shape index (κ1) is 66.6. The standard InChI is InChI=1S/C16H21N5O4.C16H20N4O4.C15H19N5O4.C15H20N4O4/c1-4-5-6-24-13-12(23-3)10(7-22-2)25-16(13)21-9-20-11-14(17)18-8-19-15(11)21;1-21-7-16-12(22-2)11(23-15(16)4-5-15)14(24-16)20-8-19-10-9(17)3-6-18-13(10)20;1-19-10-11(23-3)15(6-22-2,14(19)21)24-13(10)20-7-18-9-8(16)4-5-17-12(9)20;1-20-7-15-4-6-22-11(12(15)21-2)14(23-15)19-8-18-10-9(16)3-5-17-13(10)19/h1,8-10,12-13,16H,5-7H2,2-3H3,(H2,17,18,19);3,6,8,11-12,14H,4-5,7H2,1-2H3,(H2,17,18);4-5,7,10-11,13H,6H2,1-3H3,(H2,16,17);3,5,8,11-12,14H,4,6-7H2,1-2H3,(H2,16,17)/t10-,12?,13?,16-;11?,12?,14-,16-;10?,11?,13-,15-;11?,12?,14-,15-/m1111/s1. The van der Waals surface area contributed by atoms with Crippen molar-refractivity contribution in [3.8, 4) is 12.3 Å². The number of likely N-dealkylation sites (tertiary alicyclic amines) is 1. The van der Waals surface area contributed by atoms with Crippen LogP contribution >= 0.6 is 0 Å². The van der Waals surface area contributed by atoms with Crippen molar-refractivity contribution >= 4 is 73.4 Å². The van der Waals surface area contributed by atoms with Gasteiger partial charge in [-0.3, -0.25) is 23.1 Å². The molecule has 8 aromatic rings. The molecule has 7 saturated heterocycles. The van der Waals surface area contributed by atoms with Crippen LogP contribution in [-0.4, -0.2) is 255 Å². The molecule has 1 amide bonds. The number of hydrogen-bond acceptors (Lipinski definition) is 29. The number of anilines is 4. The number of fused-ring (bicyclic) bond motifs is 11. The van der Waals surface area contributed by atoms with Gasteiger partial charge in [0.15, 0.2) is 64.5 Å². The lowest BCUT2D eigenvalue weighted by atomic mass is 9.90. The molecule has 8 aromatic heterocycles. The van der Waals surface area contributed by atoms with E-state index in [1.165, 1.54) is 13.4 Å². The number of carbonyl (C=O) groups excluding carboxylic acids is 1. The van der Waals surface area contributed by atoms with Crippen molar-refractivity contribution in [1.29, 1.82) is 0 Å². The molecule has 16 rings (SSSR count). The zero-order valence-electron chi connectivity index (χ0n) is 54.6. The molecular formula is C62H80N18O16. The van der Waals surface area contributed by atoms with Gasteiger partial charge in [-0.15, -0.1) is 12.3 Å². The predicted octanol–water partition coefficient (Wildman–Crippen LogP) is 1.76. The Morgan fingerprint density at radius 2 is 1.12 bits per heavy atom. The molecule has 7 aliphatic heterocycles. The van der Waals surface area contributed by atoms with Crippen molar-refractivity contribution in [2.45, 2.75) is 128 Å². The largest absolute Gasteiger partial charge is 0.397 e. The Morgan fingerprint density at radius 3 is 1.67 bits per heavy atom. The number of amides is 1. The van der Waals surface area contributed by atoms with Crippen LogP contribution in [0.4, 0.5) is 22.9 Å². The first-order valence-electron chi connectivity index (χ1n) is 31.1. The molecule has 8 aliphatic rings. The summed E-state index contributed by atoms with van der Waals surface area (Å²) in [7, 11) is 14.8. The molecule has 6 bridgehead atoms. The average molecular weight is 1330 g/mol. The number of imidazole rings is 4. The number of terminal acetylenes is 1. The number of rotatable bonds is 19. The maximum Gasteiger partial charge on any atom is 0.260 e. The number of nitrogens with two attached hydrogens (primary N) is 4. The first-order valence-corrected chi connectivity index (χ1v) is 31.1. The SMILES string of the molecule is C#CCCOC1C(OC)[C@@H](COC)O[C@H]1n1cnc2c(N)ncnc21.COC[C@@]12O[C@@H](n3cnc4c(N)ccnc43)C(C1OC)N(C)C2=O.COC[C@]12CCOC(C1OC)[C@H](n1cnc3c(N)ccnc31)O2.COC[C@]12O[C@@H](n3cnc4c(N)ccnc43)C(OC13CC3)C2OC. The number of ether oxygens (including phenoxy) is 15. The summed E-state index contributed by atoms with van der Waals surface area (Å²) in [6.45, 7) is 2.36. The molecule has 16 atom stereocenters. The summed E-state index contributed by atoms with van der Waals surface area (Å²) < 4.78 is 94.9. The van der Waals surface area contributed by atoms with Gasteiger partial charge in [-0.2, -0.15) is 0 Å². The highest BCUT2D eigenvalue weighted by Gasteiger charge is 2.79. The third-order valence-electron chi connectivity index (χ3n) is 19.3. The smallest absolute Gasteiger partial charge is 0.260 e. The van der Waals surface area contributed by atoms with Crippen LogP contribution in [0.2, 0.25) is 0 Å². The predicted molar refractivity (Wildman–Crippen MR) is 340 cm³/mol. The zero-order valence-corrected chi connectivity index (χ0v) is 54.6. The van der Waals surface area contributed by atoms with E-state index < -0.39 is 41.5 Å². The van der Waals surface area contributed by atoms with Gasteiger partial charge in [0.2, 0.25) is 0 Å². The number of carbonyl (C=O) groups is 1. The van der Waals surface area contributed by atoms with E-state index in [0.717, 1.165) is 12.8 Å². The lowest BCUT2D eigenvalue weighted by Gasteiger charge is -2.38. The summed E-state index contributed by atoms with van der Waals surface area (Å²) in [6.07, 6.45) is 17.4. The zero-order chi connectivity index (χ0) is 67.4. The van der Waals surface area contributed by atoms with Crippen LogP contribution in [0.25, 0.3) is 44.7 Å². The van der Waals surface area contributed by atoms with Gasteiger partial charge in [0.25, 0.3) is 5.91 Å². The molecule has 0 aromatic carbocycles. The van der Waals surface area contributed by atoms with E-state index in [1.807, 2.05) is 9.13 Å². The van der Waals surface area contributed by atoms with E-state index in [0.29, 0.717) is 113 Å². The number of hydrogen-bond donors (Lipinski definition) is 4. The highest BCUT2D eigenvalue weighted by molar-refractivity contribution is 5.91. The van der Waals surface area contributed by atoms with Gasteiger partial charge >= 0.3 is 0 Å². The van der Waals surface area contributed by atoms with E-state index in [1.54, 1.807) is 133 Å². The highest BCUT2D eigenvalue weighted by Crippen LogP contribution is 2.65. The van der Waals surface area contributed by atoms with Crippen molar-refractivity contribution in [3.63, 3.8) is 0 Å². The van der Waals surface area contributed by atoms with Crippen LogP contribution in [0.15, 0.2) is 68.4 Å². The molecule has 15 heterocycles. The van der Waals surface area contributed by atoms with Gasteiger partial charge in [-0.1, -0.05) is 0 Å². The van der Waals surface area contributed by atoms with Crippen LogP contribution in [0.1, 0.15) is 50.6 Å². The van der Waals surface area contributed by atoms with Gasteiger partial charge in [-0.25, -0.2) is 44.9 Å². The molecule has 8 fully saturated rings. The second kappa shape index (κ2) is 26.8. The maximum absolute atomic E-state index is 12.7. The number of pyridine rings is 3. The second-order valence-electron chi connectivity index (χ2n) is 24.5. The van der Waals surface area contributed by atoms with Gasteiger partial charge in [0.05, 0.1) is 82.0 Å². The van der Waals surface area contributed by atoms with Crippen molar-refractivity contribution in [2.24, 2.45) is 0 Å². The molecule has 0 radical (unpaired) electrons. The first-order chi connectivity index (χ1) is 46.6. The van der Waals surface area contributed by atoms with E-state index in [-0.39, 0.29) is 73.2 Å². The van der Waals surface area contributed by atoms with Crippen LogP contribution < -0.4 is 22.9 Å². The minimum atomic E-state index is -1.16. The monoisotopic (exact) mass is 1330 g/mol. The quantitative estimate of drug-likeness (QED) is 0.0662. The fraction of sp³-hybridized carbons (Fsp3) is 0.581. The fourth-order valence-corrected chi connectivity index (χ4v) is 15.0. The van der Waals surface area contributed by atoms with Crippen LogP contribution in [0, 0.1) is 12.3 Å². The summed E-state index contributed by atoms with van der Waals surface area (Å²) in [4.78, 5) is 53.1. The Bertz CT molecular complexity index is 4120. The second-order valence-corrected chi connectivity index (χ2v) is 24.5. The molecule has 34 nitrogen and oxygen atoms in total. The molecule has 8 N–H and O–H groups in total. The van der Waals surface area contributed by atoms with Gasteiger partial charge in [-0.05, 0) is 31.0 Å². The summed E-state index contributed by atoms with van der Waals surface area (Å²) >= 11 is 0. The van der Waals surface area contributed by atoms with Gasteiger partial charge in [0, 0.05) is 95.4 Å². The topological polar surface area (TPSA) is 399 Å². The van der Waals surface area contributed by atoms with Crippen LogP contribution in [-0.2, 0) is 75.8 Å². The minimum absolute atomic E-state index is 0.115. The molecule has 514 valence electrons. The summed E-state index contributed by atoms with van der Waals surface area (Å²) in [5.74, 6) is 2.72. The van der Waals surface area contributed by atoms with E-state index in [2.05, 4.69) is 50.8 Å². The number of methoxy groups -OCH3 is 8. The molecule has 1 aliphatic carbocycles. The van der Waals surface area contributed by atoms with E-state index in [9.17, 15) is 4.79 Å². The number of nitrogens with zero attached hydrogens (tertiary/aromatic N) is 14. The minimum Gasteiger partial charge on any atom is -0.397 e. The third-order valence-corrected chi connectivity index (χ3v) is 19.3. The summed E-state index contributed by atoms with van der Waals surface area (Å²) in [5.41, 5.74) is 27.9. The van der Waals surface area contributed by atoms with Crippen molar-refractivity contribution in [1.82, 2.24) is 68.0 Å². The van der Waals surface area contributed by atoms with Crippen LogP contribution in [0.5, 0.6) is 0 Å². The Labute approximate surface area is 550 Å². The Morgan fingerprint density at radius 1 is 0.573 bits per heavy atom. The Hall–Kier alpha value is -7.96. The summed E-state index contributed by atoms with van der Waals surface area (Å²) in [6, 6.07) is 4.86. The van der Waals surface area contributed by atoms with E-state index in [4.69, 9.17) is 100 Å². The number of morpholine rings is 1. The summed E-state index contributed by atoms with van der Waals surface area (Å²) in [5, 5.41) is 0. The molecule has 8 unspecified atom stereocenters. The lowest BCUT2D eigenvalue weighted by Crippen LogP contribution is -2.53. The lowest BCUT2D eigenvalue weighted by molar-refractivity contribution is -0.236. The fourth-order valence-electron chi connectivity index (χ4n) is 15.0. The Balaban J connectivity index is 0.000000116. The van der Waals surface area contributed by atoms with Crippen molar-refractivity contribution < 1.29 is 75.8 Å². The number of likely N-dealkylation sites (N-methyl/N-ethyl adjacent to an activating group) is 1. The average Bonchev–Trinajstić information content (AvgIpc) is 1.51. The van der Waals surface area contributed by atoms with Crippen molar-refractivity contribution in [2.75, 3.05) is 127 Å². The van der Waals surface area contributed by atoms with Gasteiger partial charge < -0.3 is 98.9 Å². The third kappa shape index (κ3) is 10.7. The molecule has 34 heteroatoms. The molecule has 1 saturated carbocycles. The van der Waals surface area contributed by atoms with Crippen molar-refractivity contribution in [3.05, 3.63) is 68.4 Å². The maximum atomic E-state index is 12.7. The Kier molecular flexibility index (Phi) is 18.6. The molecular weight excluding hydrogens is 1250 g/mol. The van der Waals surface area contributed by atoms with Gasteiger partial charge in [0.1, 0.15) is 94.5 Å². The molecule has 1 spiro atoms. The molecule has 96 heavy (non-hydrogen) atoms. The number of nitrogen functional groups attached to an aromatic ring is 4. The highest BCUT2D eigenvalue weighted by atomic mass is 16.7. The van der Waals surface area contributed by atoms with E-state index >= 15 is 0 Å². The van der Waals surface area contributed by atoms with Crippen LogP contribution in [0.3, 0.4) is 0 Å². The number of aromatic nitrogens is 13. The normalized spacial score (nSPS) is 31.9.